The van der Waals surface area contributed by atoms with Crippen LogP contribution in [0.25, 0.3) is 0 Å². The van der Waals surface area contributed by atoms with Gasteiger partial charge in [-0.25, -0.2) is 0 Å². The molecular formula is C16H13N3O2. The van der Waals surface area contributed by atoms with Crippen LogP contribution in [0.15, 0.2) is 48.5 Å². The van der Waals surface area contributed by atoms with Crippen LogP contribution in [0.4, 0.5) is 5.69 Å². The van der Waals surface area contributed by atoms with E-state index in [1.807, 2.05) is 6.07 Å². The van der Waals surface area contributed by atoms with Crippen LogP contribution in [-0.2, 0) is 0 Å². The fraction of sp³-hybridized carbons (Fsp3) is 0.0625. The van der Waals surface area contributed by atoms with Crippen molar-refractivity contribution in [1.29, 1.82) is 5.26 Å². The Morgan fingerprint density at radius 3 is 2.38 bits per heavy atom. The number of carbonyl (C=O) groups is 2. The molecule has 21 heavy (non-hydrogen) atoms. The quantitative estimate of drug-likeness (QED) is 0.817. The first-order valence-corrected chi connectivity index (χ1v) is 6.28. The third kappa shape index (κ3) is 3.45. The molecule has 0 spiro atoms. The van der Waals surface area contributed by atoms with Crippen molar-refractivity contribution in [2.75, 3.05) is 11.9 Å². The molecule has 0 saturated carbocycles. The lowest BCUT2D eigenvalue weighted by Gasteiger charge is -2.09. The van der Waals surface area contributed by atoms with E-state index in [4.69, 9.17) is 11.0 Å². The first kappa shape index (κ1) is 14.3. The molecule has 0 saturated heterocycles. The van der Waals surface area contributed by atoms with E-state index in [1.54, 1.807) is 48.5 Å². The maximum Gasteiger partial charge on any atom is 0.250 e. The van der Waals surface area contributed by atoms with Gasteiger partial charge in [0.2, 0.25) is 0 Å². The molecule has 2 rings (SSSR count). The summed E-state index contributed by atoms with van der Waals surface area (Å²) in [5.41, 5.74) is 7.12. The summed E-state index contributed by atoms with van der Waals surface area (Å²) in [5, 5.41) is 11.6. The van der Waals surface area contributed by atoms with Gasteiger partial charge in [-0.2, -0.15) is 5.26 Å². The maximum atomic E-state index is 12.0. The van der Waals surface area contributed by atoms with Crippen LogP contribution in [0.5, 0.6) is 0 Å². The highest BCUT2D eigenvalue weighted by Gasteiger charge is 2.09. The second-order valence-corrected chi connectivity index (χ2v) is 4.38. The van der Waals surface area contributed by atoms with Crippen molar-refractivity contribution in [2.24, 2.45) is 5.73 Å². The van der Waals surface area contributed by atoms with E-state index in [-0.39, 0.29) is 12.3 Å². The van der Waals surface area contributed by atoms with E-state index in [9.17, 15) is 9.59 Å². The summed E-state index contributed by atoms with van der Waals surface area (Å²) >= 11 is 0. The average molecular weight is 279 g/mol. The predicted octanol–water partition coefficient (Wildman–Crippen LogP) is 1.95. The molecule has 1 amide bonds. The summed E-state index contributed by atoms with van der Waals surface area (Å²) in [7, 11) is 0. The van der Waals surface area contributed by atoms with Crippen LogP contribution in [0.3, 0.4) is 0 Å². The molecule has 0 aliphatic rings. The van der Waals surface area contributed by atoms with Crippen molar-refractivity contribution in [3.8, 4) is 6.07 Å². The van der Waals surface area contributed by atoms with Crippen molar-refractivity contribution < 1.29 is 9.59 Å². The van der Waals surface area contributed by atoms with E-state index in [0.29, 0.717) is 22.4 Å². The van der Waals surface area contributed by atoms with Crippen LogP contribution in [0, 0.1) is 11.3 Å². The molecule has 0 bridgehead atoms. The largest absolute Gasteiger partial charge is 0.377 e. The molecule has 0 unspecified atom stereocenters. The van der Waals surface area contributed by atoms with Crippen LogP contribution in [0.1, 0.15) is 26.3 Å². The first-order chi connectivity index (χ1) is 10.1. The Balaban J connectivity index is 2.07. The minimum Gasteiger partial charge on any atom is -0.377 e. The van der Waals surface area contributed by atoms with Gasteiger partial charge in [-0.05, 0) is 24.3 Å². The van der Waals surface area contributed by atoms with Gasteiger partial charge in [0.25, 0.3) is 5.91 Å². The first-order valence-electron chi connectivity index (χ1n) is 6.28. The highest BCUT2D eigenvalue weighted by molar-refractivity contribution is 6.01. The number of nitriles is 1. The Hall–Kier alpha value is -3.13. The van der Waals surface area contributed by atoms with Crippen LogP contribution >= 0.6 is 0 Å². The van der Waals surface area contributed by atoms with Gasteiger partial charge in [-0.15, -0.1) is 0 Å². The SMILES string of the molecule is N#Cc1ccc(C(=O)CNc2ccccc2C(N)=O)cc1. The molecule has 2 aromatic rings. The van der Waals surface area contributed by atoms with E-state index in [2.05, 4.69) is 5.32 Å². The molecule has 5 heteroatoms. The van der Waals surface area contributed by atoms with Gasteiger partial charge in [-0.3, -0.25) is 9.59 Å². The number of rotatable bonds is 5. The number of hydrogen-bond acceptors (Lipinski definition) is 4. The molecule has 0 aromatic heterocycles. The van der Waals surface area contributed by atoms with E-state index in [0.717, 1.165) is 0 Å². The summed E-state index contributed by atoms with van der Waals surface area (Å²) < 4.78 is 0. The molecule has 5 nitrogen and oxygen atoms in total. The van der Waals surface area contributed by atoms with Gasteiger partial charge in [-0.1, -0.05) is 24.3 Å². The van der Waals surface area contributed by atoms with Gasteiger partial charge in [0, 0.05) is 11.3 Å². The second-order valence-electron chi connectivity index (χ2n) is 4.38. The van der Waals surface area contributed by atoms with Crippen molar-refractivity contribution in [2.45, 2.75) is 0 Å². The number of hydrogen-bond donors (Lipinski definition) is 2. The maximum absolute atomic E-state index is 12.0. The number of nitrogens with one attached hydrogen (secondary N) is 1. The van der Waals surface area contributed by atoms with E-state index in [1.165, 1.54) is 0 Å². The van der Waals surface area contributed by atoms with Crippen molar-refractivity contribution in [3.63, 3.8) is 0 Å². The number of amides is 1. The van der Waals surface area contributed by atoms with E-state index >= 15 is 0 Å². The molecule has 0 aliphatic heterocycles. The number of primary amides is 1. The average Bonchev–Trinajstić information content (AvgIpc) is 2.52. The van der Waals surface area contributed by atoms with Gasteiger partial charge in [0.05, 0.1) is 23.7 Å². The minimum atomic E-state index is -0.552. The highest BCUT2D eigenvalue weighted by atomic mass is 16.1. The highest BCUT2D eigenvalue weighted by Crippen LogP contribution is 2.14. The number of Topliss-reactive ketones (excluding diaryl/α,β-unsaturated/α-hetero) is 1. The number of carbonyl (C=O) groups excluding carboxylic acids is 2. The molecule has 0 fully saturated rings. The van der Waals surface area contributed by atoms with Crippen molar-refractivity contribution >= 4 is 17.4 Å². The Kier molecular flexibility index (Phi) is 4.32. The van der Waals surface area contributed by atoms with Crippen LogP contribution in [0.2, 0.25) is 0 Å². The summed E-state index contributed by atoms with van der Waals surface area (Å²) in [6.45, 7) is 0.0379. The normalized spacial score (nSPS) is 9.67. The van der Waals surface area contributed by atoms with Crippen LogP contribution in [-0.4, -0.2) is 18.2 Å². The molecule has 0 aliphatic carbocycles. The lowest BCUT2D eigenvalue weighted by molar-refractivity contribution is 0.0991. The van der Waals surface area contributed by atoms with Gasteiger partial charge < -0.3 is 11.1 Å². The van der Waals surface area contributed by atoms with Crippen LogP contribution < -0.4 is 11.1 Å². The summed E-state index contributed by atoms with van der Waals surface area (Å²) in [4.78, 5) is 23.3. The Labute approximate surface area is 122 Å². The standard InChI is InChI=1S/C16H13N3O2/c17-9-11-5-7-12(8-6-11)15(20)10-19-14-4-2-1-3-13(14)16(18)21/h1-8,19H,10H2,(H2,18,21). The zero-order valence-electron chi connectivity index (χ0n) is 11.2. The zero-order chi connectivity index (χ0) is 15.2. The smallest absolute Gasteiger partial charge is 0.250 e. The molecular weight excluding hydrogens is 266 g/mol. The molecule has 3 N–H and O–H groups in total. The fourth-order valence-corrected chi connectivity index (χ4v) is 1.86. The van der Waals surface area contributed by atoms with E-state index < -0.39 is 5.91 Å². The van der Waals surface area contributed by atoms with Crippen molar-refractivity contribution in [3.05, 3.63) is 65.2 Å². The molecule has 0 atom stereocenters. The lowest BCUT2D eigenvalue weighted by atomic mass is 10.1. The molecule has 0 radical (unpaired) electrons. The summed E-state index contributed by atoms with van der Waals surface area (Å²) in [6, 6.07) is 15.1. The number of benzene rings is 2. The summed E-state index contributed by atoms with van der Waals surface area (Å²) in [6.07, 6.45) is 0. The van der Waals surface area contributed by atoms with Gasteiger partial charge in [0.15, 0.2) is 5.78 Å². The topological polar surface area (TPSA) is 96.0 Å². The molecule has 0 heterocycles. The fourth-order valence-electron chi connectivity index (χ4n) is 1.86. The monoisotopic (exact) mass is 279 g/mol. The van der Waals surface area contributed by atoms with Gasteiger partial charge >= 0.3 is 0 Å². The third-order valence-electron chi connectivity index (χ3n) is 2.97. The van der Waals surface area contributed by atoms with Crippen molar-refractivity contribution in [1.82, 2.24) is 0 Å². The number of ketones is 1. The molecule has 2 aromatic carbocycles. The number of para-hydroxylation sites is 1. The van der Waals surface area contributed by atoms with Gasteiger partial charge in [0.1, 0.15) is 0 Å². The summed E-state index contributed by atoms with van der Waals surface area (Å²) in [5.74, 6) is -0.692. The third-order valence-corrected chi connectivity index (χ3v) is 2.97. The Morgan fingerprint density at radius 2 is 1.76 bits per heavy atom. The minimum absolute atomic E-state index is 0.0379. The number of nitrogens with two attached hydrogens (primary N) is 1. The molecule has 104 valence electrons. The Morgan fingerprint density at radius 1 is 1.10 bits per heavy atom. The lowest BCUT2D eigenvalue weighted by Crippen LogP contribution is -2.18. The Bertz CT molecular complexity index is 715. The number of nitrogens with zero attached hydrogens (tertiary/aromatic N) is 1. The zero-order valence-corrected chi connectivity index (χ0v) is 11.2. The second kappa shape index (κ2) is 6.35. The number of anilines is 1. The predicted molar refractivity (Wildman–Crippen MR) is 78.9 cm³/mol.